The molecule has 0 aliphatic carbocycles. The van der Waals surface area contributed by atoms with E-state index in [2.05, 4.69) is 5.32 Å². The van der Waals surface area contributed by atoms with Gasteiger partial charge in [-0.15, -0.1) is 0 Å². The predicted molar refractivity (Wildman–Crippen MR) is 101 cm³/mol. The lowest BCUT2D eigenvalue weighted by atomic mass is 10.0. The Kier molecular flexibility index (Phi) is 6.39. The van der Waals surface area contributed by atoms with E-state index in [1.165, 1.54) is 26.2 Å². The second-order valence-electron chi connectivity index (χ2n) is 6.02. The fourth-order valence-electron chi connectivity index (χ4n) is 2.51. The SMILES string of the molecule is CC[C@@H](NC(=O)c1cccc(S(=O)(=O)N(C)C)c1)c1ccc(OC)cc1. The van der Waals surface area contributed by atoms with Gasteiger partial charge in [0.05, 0.1) is 18.0 Å². The molecule has 2 rings (SSSR count). The number of ether oxygens (including phenoxy) is 1. The largest absolute Gasteiger partial charge is 0.497 e. The number of nitrogens with one attached hydrogen (secondary N) is 1. The van der Waals surface area contributed by atoms with Crippen LogP contribution in [0.2, 0.25) is 0 Å². The second-order valence-corrected chi connectivity index (χ2v) is 8.17. The average molecular weight is 376 g/mol. The summed E-state index contributed by atoms with van der Waals surface area (Å²) in [5.41, 5.74) is 1.26. The first kappa shape index (κ1) is 19.9. The summed E-state index contributed by atoms with van der Waals surface area (Å²) in [6.07, 6.45) is 0.702. The lowest BCUT2D eigenvalue weighted by Crippen LogP contribution is -2.28. The number of amides is 1. The maximum atomic E-state index is 12.6. The standard InChI is InChI=1S/C19H24N2O4S/c1-5-18(14-9-11-16(25-4)12-10-14)20-19(22)15-7-6-8-17(13-15)26(23,24)21(2)3/h6-13,18H,5H2,1-4H3,(H,20,22)/t18-/m1/s1. The van der Waals surface area contributed by atoms with Gasteiger partial charge in [-0.3, -0.25) is 4.79 Å². The number of benzene rings is 2. The van der Waals surface area contributed by atoms with Crippen LogP contribution in [0.15, 0.2) is 53.4 Å². The molecule has 6 nitrogen and oxygen atoms in total. The number of methoxy groups -OCH3 is 1. The van der Waals surface area contributed by atoms with Crippen LogP contribution in [-0.2, 0) is 10.0 Å². The van der Waals surface area contributed by atoms with E-state index in [-0.39, 0.29) is 16.8 Å². The lowest BCUT2D eigenvalue weighted by Gasteiger charge is -2.18. The van der Waals surface area contributed by atoms with Crippen molar-refractivity contribution in [2.24, 2.45) is 0 Å². The molecule has 0 spiro atoms. The van der Waals surface area contributed by atoms with Gasteiger partial charge in [-0.05, 0) is 42.3 Å². The second kappa shape index (κ2) is 8.33. The van der Waals surface area contributed by atoms with Crippen molar-refractivity contribution in [1.82, 2.24) is 9.62 Å². The highest BCUT2D eigenvalue weighted by molar-refractivity contribution is 7.89. The number of hydrogen-bond acceptors (Lipinski definition) is 4. The van der Waals surface area contributed by atoms with Crippen molar-refractivity contribution >= 4 is 15.9 Å². The maximum absolute atomic E-state index is 12.6. The normalized spacial score (nSPS) is 12.7. The van der Waals surface area contributed by atoms with Crippen molar-refractivity contribution in [3.05, 3.63) is 59.7 Å². The molecule has 26 heavy (non-hydrogen) atoms. The van der Waals surface area contributed by atoms with Crippen molar-refractivity contribution in [2.75, 3.05) is 21.2 Å². The average Bonchev–Trinajstić information content (AvgIpc) is 2.66. The number of carbonyl (C=O) groups is 1. The molecule has 0 heterocycles. The quantitative estimate of drug-likeness (QED) is 0.806. The van der Waals surface area contributed by atoms with E-state index in [0.29, 0.717) is 12.0 Å². The van der Waals surface area contributed by atoms with E-state index < -0.39 is 10.0 Å². The molecular weight excluding hydrogens is 352 g/mol. The summed E-state index contributed by atoms with van der Waals surface area (Å²) in [6.45, 7) is 1.97. The Morgan fingerprint density at radius 3 is 2.35 bits per heavy atom. The Balaban J connectivity index is 2.22. The first-order valence-electron chi connectivity index (χ1n) is 8.27. The van der Waals surface area contributed by atoms with Crippen molar-refractivity contribution < 1.29 is 17.9 Å². The van der Waals surface area contributed by atoms with Gasteiger partial charge in [0, 0.05) is 19.7 Å². The molecule has 0 aliphatic heterocycles. The Morgan fingerprint density at radius 1 is 1.15 bits per heavy atom. The van der Waals surface area contributed by atoms with Crippen LogP contribution in [-0.4, -0.2) is 39.8 Å². The Labute approximate surface area is 154 Å². The third-order valence-corrected chi connectivity index (χ3v) is 5.92. The monoisotopic (exact) mass is 376 g/mol. The molecule has 1 atom stereocenters. The van der Waals surface area contributed by atoms with Crippen LogP contribution < -0.4 is 10.1 Å². The van der Waals surface area contributed by atoms with Gasteiger partial charge in [0.15, 0.2) is 0 Å². The zero-order valence-electron chi connectivity index (χ0n) is 15.4. The molecule has 2 aromatic carbocycles. The molecule has 0 radical (unpaired) electrons. The topological polar surface area (TPSA) is 75.7 Å². The van der Waals surface area contributed by atoms with Gasteiger partial charge in [-0.25, -0.2) is 12.7 Å². The highest BCUT2D eigenvalue weighted by Crippen LogP contribution is 2.21. The molecule has 0 saturated carbocycles. The van der Waals surface area contributed by atoms with E-state index in [1.807, 2.05) is 31.2 Å². The molecule has 0 bridgehead atoms. The first-order valence-corrected chi connectivity index (χ1v) is 9.71. The number of rotatable bonds is 7. The fraction of sp³-hybridized carbons (Fsp3) is 0.316. The van der Waals surface area contributed by atoms with Crippen LogP contribution in [0.4, 0.5) is 0 Å². The third kappa shape index (κ3) is 4.42. The Morgan fingerprint density at radius 2 is 1.81 bits per heavy atom. The van der Waals surface area contributed by atoms with Crippen molar-refractivity contribution in [3.63, 3.8) is 0 Å². The molecule has 7 heteroatoms. The van der Waals surface area contributed by atoms with Crippen LogP contribution in [0.1, 0.15) is 35.3 Å². The van der Waals surface area contributed by atoms with E-state index in [4.69, 9.17) is 4.74 Å². The zero-order valence-corrected chi connectivity index (χ0v) is 16.2. The van der Waals surface area contributed by atoms with Gasteiger partial charge in [0.25, 0.3) is 5.91 Å². The molecule has 0 aliphatic rings. The van der Waals surface area contributed by atoms with Gasteiger partial charge in [0.1, 0.15) is 5.75 Å². The Hall–Kier alpha value is -2.38. The van der Waals surface area contributed by atoms with Crippen LogP contribution in [0.25, 0.3) is 0 Å². The minimum Gasteiger partial charge on any atom is -0.497 e. The fourth-order valence-corrected chi connectivity index (χ4v) is 3.46. The summed E-state index contributed by atoms with van der Waals surface area (Å²) in [5.74, 6) is 0.431. The smallest absolute Gasteiger partial charge is 0.251 e. The Bertz CT molecular complexity index is 861. The summed E-state index contributed by atoms with van der Waals surface area (Å²) in [7, 11) is 0.927. The van der Waals surface area contributed by atoms with Crippen molar-refractivity contribution in [3.8, 4) is 5.75 Å². The van der Waals surface area contributed by atoms with Gasteiger partial charge in [-0.2, -0.15) is 0 Å². The van der Waals surface area contributed by atoms with E-state index in [9.17, 15) is 13.2 Å². The number of hydrogen-bond donors (Lipinski definition) is 1. The zero-order chi connectivity index (χ0) is 19.3. The number of carbonyl (C=O) groups excluding carboxylic acids is 1. The molecule has 0 fully saturated rings. The summed E-state index contributed by atoms with van der Waals surface area (Å²) >= 11 is 0. The van der Waals surface area contributed by atoms with E-state index >= 15 is 0 Å². The van der Waals surface area contributed by atoms with Gasteiger partial charge in [0.2, 0.25) is 10.0 Å². The predicted octanol–water partition coefficient (Wildman–Crippen LogP) is 2.83. The molecule has 0 unspecified atom stereocenters. The minimum absolute atomic E-state index is 0.0904. The molecular formula is C19H24N2O4S. The summed E-state index contributed by atoms with van der Waals surface area (Å²) < 4.78 is 30.8. The third-order valence-electron chi connectivity index (χ3n) is 4.11. The maximum Gasteiger partial charge on any atom is 0.251 e. The van der Waals surface area contributed by atoms with Crippen molar-refractivity contribution in [1.29, 1.82) is 0 Å². The van der Waals surface area contributed by atoms with Crippen molar-refractivity contribution in [2.45, 2.75) is 24.3 Å². The molecule has 0 aromatic heterocycles. The number of nitrogens with zero attached hydrogens (tertiary/aromatic N) is 1. The van der Waals surface area contributed by atoms with Gasteiger partial charge in [-0.1, -0.05) is 25.1 Å². The number of sulfonamides is 1. The molecule has 1 N–H and O–H groups in total. The molecule has 140 valence electrons. The highest BCUT2D eigenvalue weighted by atomic mass is 32.2. The first-order chi connectivity index (χ1) is 12.3. The molecule has 2 aromatic rings. The van der Waals surface area contributed by atoms with E-state index in [0.717, 1.165) is 15.6 Å². The van der Waals surface area contributed by atoms with Crippen LogP contribution in [0.3, 0.4) is 0 Å². The summed E-state index contributed by atoms with van der Waals surface area (Å²) in [6, 6.07) is 13.4. The van der Waals surface area contributed by atoms with Crippen LogP contribution in [0.5, 0.6) is 5.75 Å². The molecule has 1 amide bonds. The molecule has 0 saturated heterocycles. The van der Waals surface area contributed by atoms with Crippen LogP contribution >= 0.6 is 0 Å². The van der Waals surface area contributed by atoms with Gasteiger partial charge < -0.3 is 10.1 Å². The van der Waals surface area contributed by atoms with Crippen LogP contribution in [0, 0.1) is 0 Å². The summed E-state index contributed by atoms with van der Waals surface area (Å²) in [5, 5.41) is 2.96. The minimum atomic E-state index is -3.59. The lowest BCUT2D eigenvalue weighted by molar-refractivity contribution is 0.0935. The van der Waals surface area contributed by atoms with E-state index in [1.54, 1.807) is 19.2 Å². The highest BCUT2D eigenvalue weighted by Gasteiger charge is 2.20. The summed E-state index contributed by atoms with van der Waals surface area (Å²) in [4.78, 5) is 12.7. The van der Waals surface area contributed by atoms with Gasteiger partial charge >= 0.3 is 0 Å².